The summed E-state index contributed by atoms with van der Waals surface area (Å²) >= 11 is 0. The van der Waals surface area contributed by atoms with Gasteiger partial charge in [-0.25, -0.2) is 0 Å². The second kappa shape index (κ2) is 8.44. The van der Waals surface area contributed by atoms with Crippen molar-refractivity contribution in [2.75, 3.05) is 33.5 Å². The molecule has 17 heavy (non-hydrogen) atoms. The van der Waals surface area contributed by atoms with Crippen molar-refractivity contribution in [1.29, 1.82) is 0 Å². The van der Waals surface area contributed by atoms with Gasteiger partial charge in [-0.3, -0.25) is 4.79 Å². The van der Waals surface area contributed by atoms with Crippen molar-refractivity contribution in [3.8, 4) is 0 Å². The maximum atomic E-state index is 11.6. The first-order valence-electron chi connectivity index (χ1n) is 5.98. The second-order valence-corrected chi connectivity index (χ2v) is 5.11. The molecule has 0 saturated heterocycles. The molecule has 0 aliphatic carbocycles. The third-order valence-corrected chi connectivity index (χ3v) is 2.50. The lowest BCUT2D eigenvalue weighted by Crippen LogP contribution is -2.46. The van der Waals surface area contributed by atoms with Gasteiger partial charge in [-0.1, -0.05) is 20.8 Å². The highest BCUT2D eigenvalue weighted by Crippen LogP contribution is 2.21. The van der Waals surface area contributed by atoms with Gasteiger partial charge >= 0.3 is 0 Å². The molecule has 0 saturated carbocycles. The van der Waals surface area contributed by atoms with Crippen molar-refractivity contribution in [2.45, 2.75) is 33.2 Å². The minimum absolute atomic E-state index is 0.00155. The molecule has 0 aliphatic rings. The number of nitrogens with one attached hydrogen (secondary N) is 1. The van der Waals surface area contributed by atoms with E-state index in [4.69, 9.17) is 15.2 Å². The third kappa shape index (κ3) is 8.12. The topological polar surface area (TPSA) is 73.6 Å². The highest BCUT2D eigenvalue weighted by molar-refractivity contribution is 5.77. The number of hydrogen-bond donors (Lipinski definition) is 2. The molecule has 1 amide bonds. The summed E-state index contributed by atoms with van der Waals surface area (Å²) < 4.78 is 9.98. The molecule has 0 aromatic rings. The Morgan fingerprint density at radius 1 is 1.35 bits per heavy atom. The van der Waals surface area contributed by atoms with E-state index in [1.807, 2.05) is 0 Å². The predicted octanol–water partition coefficient (Wildman–Crippen LogP) is 0.529. The molecule has 5 nitrogen and oxygen atoms in total. The van der Waals surface area contributed by atoms with Crippen molar-refractivity contribution in [1.82, 2.24) is 5.32 Å². The monoisotopic (exact) mass is 246 g/mol. The summed E-state index contributed by atoms with van der Waals surface area (Å²) in [5.74, 6) is -0.102. The first kappa shape index (κ1) is 16.4. The van der Waals surface area contributed by atoms with Crippen LogP contribution in [-0.2, 0) is 14.3 Å². The lowest BCUT2D eigenvalue weighted by molar-refractivity contribution is -0.127. The Bertz CT molecular complexity index is 214. The van der Waals surface area contributed by atoms with Crippen molar-refractivity contribution < 1.29 is 14.3 Å². The number of carbonyl (C=O) groups excluding carboxylic acids is 1. The van der Waals surface area contributed by atoms with Crippen molar-refractivity contribution in [2.24, 2.45) is 11.1 Å². The van der Waals surface area contributed by atoms with Crippen molar-refractivity contribution in [3.63, 3.8) is 0 Å². The molecular weight excluding hydrogens is 220 g/mol. The normalized spacial score (nSPS) is 13.5. The van der Waals surface area contributed by atoms with Gasteiger partial charge in [0.15, 0.2) is 0 Å². The van der Waals surface area contributed by atoms with Gasteiger partial charge in [-0.2, -0.15) is 0 Å². The van der Waals surface area contributed by atoms with Crippen molar-refractivity contribution in [3.05, 3.63) is 0 Å². The van der Waals surface area contributed by atoms with E-state index in [-0.39, 0.29) is 24.0 Å². The molecule has 0 rings (SSSR count). The van der Waals surface area contributed by atoms with E-state index < -0.39 is 0 Å². The first-order valence-corrected chi connectivity index (χ1v) is 5.98. The molecule has 102 valence electrons. The minimum atomic E-state index is -0.102. The van der Waals surface area contributed by atoms with Crippen LogP contribution in [0.25, 0.3) is 0 Å². The summed E-state index contributed by atoms with van der Waals surface area (Å²) in [5, 5.41) is 2.95. The summed E-state index contributed by atoms with van der Waals surface area (Å²) in [7, 11) is 1.60. The van der Waals surface area contributed by atoms with Crippen LogP contribution in [0.2, 0.25) is 0 Å². The molecule has 1 atom stereocenters. The Kier molecular flexibility index (Phi) is 8.12. The van der Waals surface area contributed by atoms with Crippen LogP contribution in [0, 0.1) is 5.41 Å². The van der Waals surface area contributed by atoms with Crippen LogP contribution in [0.1, 0.15) is 27.2 Å². The molecule has 3 N–H and O–H groups in total. The molecule has 0 heterocycles. The van der Waals surface area contributed by atoms with Crippen LogP contribution in [0.15, 0.2) is 0 Å². The third-order valence-electron chi connectivity index (χ3n) is 2.50. The number of rotatable bonds is 8. The zero-order chi connectivity index (χ0) is 13.3. The number of hydrogen-bond acceptors (Lipinski definition) is 4. The van der Waals surface area contributed by atoms with E-state index in [9.17, 15) is 4.79 Å². The SMILES string of the molecule is COCCOCC(=O)NC(CCN)C(C)(C)C. The number of ether oxygens (including phenoxy) is 2. The number of nitrogens with two attached hydrogens (primary N) is 1. The number of methoxy groups -OCH3 is 1. The molecular formula is C12H26N2O3. The van der Waals surface area contributed by atoms with E-state index in [0.717, 1.165) is 6.42 Å². The molecule has 0 bridgehead atoms. The van der Waals surface area contributed by atoms with Gasteiger partial charge in [-0.05, 0) is 18.4 Å². The Labute approximate surface area is 104 Å². The minimum Gasteiger partial charge on any atom is -0.382 e. The molecule has 1 unspecified atom stereocenters. The molecule has 0 spiro atoms. The van der Waals surface area contributed by atoms with E-state index in [2.05, 4.69) is 26.1 Å². The van der Waals surface area contributed by atoms with Gasteiger partial charge in [0.2, 0.25) is 5.91 Å². The molecule has 0 radical (unpaired) electrons. The van der Waals surface area contributed by atoms with Gasteiger partial charge in [-0.15, -0.1) is 0 Å². The Balaban J connectivity index is 3.96. The fourth-order valence-electron chi connectivity index (χ4n) is 1.43. The lowest BCUT2D eigenvalue weighted by atomic mass is 9.85. The van der Waals surface area contributed by atoms with E-state index >= 15 is 0 Å². The van der Waals surface area contributed by atoms with Gasteiger partial charge < -0.3 is 20.5 Å². The van der Waals surface area contributed by atoms with E-state index in [1.165, 1.54) is 0 Å². The molecule has 0 aromatic carbocycles. The Morgan fingerprint density at radius 2 is 2.00 bits per heavy atom. The number of amides is 1. The maximum absolute atomic E-state index is 11.6. The average Bonchev–Trinajstić information content (AvgIpc) is 2.22. The first-order chi connectivity index (χ1) is 7.91. The fourth-order valence-corrected chi connectivity index (χ4v) is 1.43. The van der Waals surface area contributed by atoms with Gasteiger partial charge in [0.1, 0.15) is 6.61 Å². The molecule has 0 aliphatic heterocycles. The number of carbonyl (C=O) groups is 1. The molecule has 0 aromatic heterocycles. The standard InChI is InChI=1S/C12H26N2O3/c1-12(2,3)10(5-6-13)14-11(15)9-17-8-7-16-4/h10H,5-9,13H2,1-4H3,(H,14,15). The molecule has 0 fully saturated rings. The average molecular weight is 246 g/mol. The summed E-state index contributed by atoms with van der Waals surface area (Å²) in [5.41, 5.74) is 5.54. The predicted molar refractivity (Wildman–Crippen MR) is 67.8 cm³/mol. The van der Waals surface area contributed by atoms with Crippen LogP contribution in [0.3, 0.4) is 0 Å². The van der Waals surface area contributed by atoms with Gasteiger partial charge in [0.25, 0.3) is 0 Å². The summed E-state index contributed by atoms with van der Waals surface area (Å²) in [4.78, 5) is 11.6. The van der Waals surface area contributed by atoms with Crippen LogP contribution in [-0.4, -0.2) is 45.4 Å². The van der Waals surface area contributed by atoms with Crippen LogP contribution < -0.4 is 11.1 Å². The fraction of sp³-hybridized carbons (Fsp3) is 0.917. The van der Waals surface area contributed by atoms with Crippen molar-refractivity contribution >= 4 is 5.91 Å². The van der Waals surface area contributed by atoms with E-state index in [0.29, 0.717) is 19.8 Å². The lowest BCUT2D eigenvalue weighted by Gasteiger charge is -2.31. The van der Waals surface area contributed by atoms with Gasteiger partial charge in [0.05, 0.1) is 13.2 Å². The maximum Gasteiger partial charge on any atom is 0.246 e. The highest BCUT2D eigenvalue weighted by Gasteiger charge is 2.25. The van der Waals surface area contributed by atoms with Crippen LogP contribution in [0.4, 0.5) is 0 Å². The molecule has 5 heteroatoms. The van der Waals surface area contributed by atoms with E-state index in [1.54, 1.807) is 7.11 Å². The zero-order valence-electron chi connectivity index (χ0n) is 11.4. The summed E-state index contributed by atoms with van der Waals surface area (Å²) in [6.45, 7) is 7.81. The van der Waals surface area contributed by atoms with Crippen LogP contribution in [0.5, 0.6) is 0 Å². The second-order valence-electron chi connectivity index (χ2n) is 5.11. The summed E-state index contributed by atoms with van der Waals surface area (Å²) in [6.07, 6.45) is 0.771. The summed E-state index contributed by atoms with van der Waals surface area (Å²) in [6, 6.07) is 0.0750. The Morgan fingerprint density at radius 3 is 2.47 bits per heavy atom. The smallest absolute Gasteiger partial charge is 0.246 e. The quantitative estimate of drug-likeness (QED) is 0.613. The highest BCUT2D eigenvalue weighted by atomic mass is 16.5. The van der Waals surface area contributed by atoms with Gasteiger partial charge in [0, 0.05) is 13.2 Å². The largest absolute Gasteiger partial charge is 0.382 e. The zero-order valence-corrected chi connectivity index (χ0v) is 11.4. The van der Waals surface area contributed by atoms with Crippen LogP contribution >= 0.6 is 0 Å². The Hall–Kier alpha value is -0.650.